The Bertz CT molecular complexity index is 646. The summed E-state index contributed by atoms with van der Waals surface area (Å²) in [6.45, 7) is 1.85. The summed E-state index contributed by atoms with van der Waals surface area (Å²) in [5, 5.41) is 2.80. The SMILES string of the molecule is O=C1CCN(C2Cc3cccc4cccc2c34)CC1. The van der Waals surface area contributed by atoms with Crippen LogP contribution < -0.4 is 0 Å². The van der Waals surface area contributed by atoms with Crippen LogP contribution in [0.15, 0.2) is 36.4 Å². The molecule has 1 aliphatic heterocycles. The van der Waals surface area contributed by atoms with E-state index in [4.69, 9.17) is 0 Å². The summed E-state index contributed by atoms with van der Waals surface area (Å²) in [5.41, 5.74) is 2.93. The average molecular weight is 251 g/mol. The van der Waals surface area contributed by atoms with Gasteiger partial charge in [-0.25, -0.2) is 0 Å². The molecule has 1 saturated heterocycles. The van der Waals surface area contributed by atoms with Gasteiger partial charge in [-0.3, -0.25) is 9.69 Å². The normalized spacial score (nSPS) is 23.2. The maximum absolute atomic E-state index is 11.4. The Morgan fingerprint density at radius 3 is 2.53 bits per heavy atom. The van der Waals surface area contributed by atoms with Crippen LogP contribution in [0.1, 0.15) is 30.0 Å². The van der Waals surface area contributed by atoms with E-state index in [9.17, 15) is 4.79 Å². The minimum atomic E-state index is 0.421. The first-order chi connectivity index (χ1) is 9.33. The van der Waals surface area contributed by atoms with E-state index in [1.807, 2.05) is 0 Å². The fourth-order valence-electron chi connectivity index (χ4n) is 3.63. The van der Waals surface area contributed by atoms with E-state index in [0.717, 1.165) is 32.4 Å². The highest BCUT2D eigenvalue weighted by atomic mass is 16.1. The predicted molar refractivity (Wildman–Crippen MR) is 76.2 cm³/mol. The van der Waals surface area contributed by atoms with Crippen molar-refractivity contribution in [3.8, 4) is 0 Å². The minimum Gasteiger partial charge on any atom is -0.300 e. The van der Waals surface area contributed by atoms with E-state index < -0.39 is 0 Å². The van der Waals surface area contributed by atoms with E-state index in [2.05, 4.69) is 41.3 Å². The van der Waals surface area contributed by atoms with Crippen LogP contribution in [-0.4, -0.2) is 23.8 Å². The molecule has 2 heteroatoms. The van der Waals surface area contributed by atoms with Crippen molar-refractivity contribution in [1.82, 2.24) is 4.90 Å². The van der Waals surface area contributed by atoms with Gasteiger partial charge in [-0.05, 0) is 28.3 Å². The van der Waals surface area contributed by atoms with Crippen molar-refractivity contribution in [2.24, 2.45) is 0 Å². The fourth-order valence-corrected chi connectivity index (χ4v) is 3.63. The Labute approximate surface area is 113 Å². The van der Waals surface area contributed by atoms with Gasteiger partial charge in [0.1, 0.15) is 5.78 Å². The molecule has 0 bridgehead atoms. The van der Waals surface area contributed by atoms with Gasteiger partial charge in [0.15, 0.2) is 0 Å². The van der Waals surface area contributed by atoms with Crippen LogP contribution >= 0.6 is 0 Å². The maximum Gasteiger partial charge on any atom is 0.135 e. The van der Waals surface area contributed by atoms with Gasteiger partial charge in [0.05, 0.1) is 0 Å². The van der Waals surface area contributed by atoms with Crippen molar-refractivity contribution >= 4 is 16.6 Å². The zero-order valence-electron chi connectivity index (χ0n) is 10.9. The number of nitrogens with zero attached hydrogens (tertiary/aromatic N) is 1. The van der Waals surface area contributed by atoms with Crippen LogP contribution in [0.5, 0.6) is 0 Å². The predicted octanol–water partition coefficient (Wildman–Crippen LogP) is 3.10. The number of ketones is 1. The summed E-state index contributed by atoms with van der Waals surface area (Å²) in [6, 6.07) is 13.7. The summed E-state index contributed by atoms with van der Waals surface area (Å²) < 4.78 is 0. The molecule has 1 fully saturated rings. The fraction of sp³-hybridized carbons (Fsp3) is 0.353. The van der Waals surface area contributed by atoms with Crippen LogP contribution in [0.3, 0.4) is 0 Å². The molecule has 1 atom stereocenters. The Morgan fingerprint density at radius 1 is 1.00 bits per heavy atom. The molecule has 1 heterocycles. The molecule has 2 aromatic rings. The van der Waals surface area contributed by atoms with Crippen LogP contribution in [0.25, 0.3) is 10.8 Å². The second-order valence-electron chi connectivity index (χ2n) is 5.66. The largest absolute Gasteiger partial charge is 0.300 e. The number of Topliss-reactive ketones (excluding diaryl/α,β-unsaturated/α-hetero) is 1. The molecular formula is C17H17NO. The molecular weight excluding hydrogens is 234 g/mol. The van der Waals surface area contributed by atoms with Gasteiger partial charge in [0.2, 0.25) is 0 Å². The summed E-state index contributed by atoms with van der Waals surface area (Å²) >= 11 is 0. The third-order valence-corrected chi connectivity index (χ3v) is 4.59. The molecule has 96 valence electrons. The Hall–Kier alpha value is -1.67. The zero-order chi connectivity index (χ0) is 12.8. The van der Waals surface area contributed by atoms with Crippen molar-refractivity contribution in [1.29, 1.82) is 0 Å². The van der Waals surface area contributed by atoms with Gasteiger partial charge >= 0.3 is 0 Å². The van der Waals surface area contributed by atoms with Crippen molar-refractivity contribution in [2.45, 2.75) is 25.3 Å². The quantitative estimate of drug-likeness (QED) is 0.776. The molecule has 1 aliphatic carbocycles. The van der Waals surface area contributed by atoms with Gasteiger partial charge in [-0.1, -0.05) is 36.4 Å². The first-order valence-corrected chi connectivity index (χ1v) is 7.09. The first-order valence-electron chi connectivity index (χ1n) is 7.09. The zero-order valence-corrected chi connectivity index (χ0v) is 10.9. The lowest BCUT2D eigenvalue weighted by atomic mass is 10.0. The van der Waals surface area contributed by atoms with Gasteiger partial charge in [-0.2, -0.15) is 0 Å². The lowest BCUT2D eigenvalue weighted by molar-refractivity contribution is -0.121. The summed E-state index contributed by atoms with van der Waals surface area (Å²) in [7, 11) is 0. The number of benzene rings is 2. The molecule has 19 heavy (non-hydrogen) atoms. The Balaban J connectivity index is 1.75. The molecule has 0 spiro atoms. The standard InChI is InChI=1S/C17H17NO/c19-14-7-9-18(10-8-14)16-11-13-5-1-3-12-4-2-6-15(16)17(12)13/h1-6,16H,7-11H2. The molecule has 1 unspecified atom stereocenters. The number of hydrogen-bond donors (Lipinski definition) is 0. The van der Waals surface area contributed by atoms with E-state index in [-0.39, 0.29) is 0 Å². The molecule has 2 aromatic carbocycles. The molecule has 0 amide bonds. The topological polar surface area (TPSA) is 20.3 Å². The van der Waals surface area contributed by atoms with Crippen molar-refractivity contribution in [3.63, 3.8) is 0 Å². The number of hydrogen-bond acceptors (Lipinski definition) is 2. The van der Waals surface area contributed by atoms with E-state index >= 15 is 0 Å². The molecule has 0 radical (unpaired) electrons. The molecule has 2 aliphatic rings. The molecule has 0 aromatic heterocycles. The Morgan fingerprint density at radius 2 is 1.74 bits per heavy atom. The minimum absolute atomic E-state index is 0.421. The number of rotatable bonds is 1. The lowest BCUT2D eigenvalue weighted by Crippen LogP contribution is -2.36. The smallest absolute Gasteiger partial charge is 0.135 e. The third kappa shape index (κ3) is 1.71. The second kappa shape index (κ2) is 4.17. The van der Waals surface area contributed by atoms with Crippen molar-refractivity contribution < 1.29 is 4.79 Å². The summed E-state index contributed by atoms with van der Waals surface area (Å²) in [5.74, 6) is 0.421. The number of carbonyl (C=O) groups is 1. The maximum atomic E-state index is 11.4. The van der Waals surface area contributed by atoms with Gasteiger partial charge < -0.3 is 0 Å². The highest BCUT2D eigenvalue weighted by Gasteiger charge is 2.30. The monoisotopic (exact) mass is 251 g/mol. The van der Waals surface area contributed by atoms with Gasteiger partial charge in [0, 0.05) is 32.0 Å². The average Bonchev–Trinajstić information content (AvgIpc) is 2.82. The first kappa shape index (κ1) is 11.2. The van der Waals surface area contributed by atoms with Crippen LogP contribution in [0.2, 0.25) is 0 Å². The summed E-state index contributed by atoms with van der Waals surface area (Å²) in [4.78, 5) is 13.9. The van der Waals surface area contributed by atoms with Crippen LogP contribution in [0, 0.1) is 0 Å². The highest BCUT2D eigenvalue weighted by Crippen LogP contribution is 2.40. The third-order valence-electron chi connectivity index (χ3n) is 4.59. The molecule has 4 rings (SSSR count). The lowest BCUT2D eigenvalue weighted by Gasteiger charge is -2.32. The number of carbonyl (C=O) groups excluding carboxylic acids is 1. The molecule has 2 nitrogen and oxygen atoms in total. The van der Waals surface area contributed by atoms with Gasteiger partial charge in [-0.15, -0.1) is 0 Å². The van der Waals surface area contributed by atoms with Crippen molar-refractivity contribution in [3.05, 3.63) is 47.5 Å². The van der Waals surface area contributed by atoms with E-state index in [1.54, 1.807) is 0 Å². The Kier molecular flexibility index (Phi) is 2.46. The molecule has 0 saturated carbocycles. The van der Waals surface area contributed by atoms with Crippen LogP contribution in [0.4, 0.5) is 0 Å². The van der Waals surface area contributed by atoms with Crippen LogP contribution in [-0.2, 0) is 11.2 Å². The molecule has 0 N–H and O–H groups in total. The number of likely N-dealkylation sites (tertiary alicyclic amines) is 1. The summed E-state index contributed by atoms with van der Waals surface area (Å²) in [6.07, 6.45) is 2.55. The van der Waals surface area contributed by atoms with Gasteiger partial charge in [0.25, 0.3) is 0 Å². The van der Waals surface area contributed by atoms with E-state index in [0.29, 0.717) is 11.8 Å². The highest BCUT2D eigenvalue weighted by molar-refractivity contribution is 5.91. The number of piperidine rings is 1. The van der Waals surface area contributed by atoms with Crippen molar-refractivity contribution in [2.75, 3.05) is 13.1 Å². The second-order valence-corrected chi connectivity index (χ2v) is 5.66. The van der Waals surface area contributed by atoms with E-state index in [1.165, 1.54) is 21.9 Å².